The minimum atomic E-state index is -3.77. The molecule has 2 aromatic rings. The Kier molecular flexibility index (Phi) is 6.89. The third kappa shape index (κ3) is 5.00. The quantitative estimate of drug-likeness (QED) is 0.666. The minimum absolute atomic E-state index is 0.106. The molecule has 1 amide bonds. The van der Waals surface area contributed by atoms with Crippen LogP contribution in [0.25, 0.3) is 0 Å². The molecule has 0 radical (unpaired) electrons. The number of nitrogens with one attached hydrogen (secondary N) is 1. The van der Waals surface area contributed by atoms with Crippen LogP contribution in [0.2, 0.25) is 0 Å². The van der Waals surface area contributed by atoms with Crippen LogP contribution in [-0.2, 0) is 20.0 Å². The van der Waals surface area contributed by atoms with Crippen molar-refractivity contribution in [1.29, 1.82) is 0 Å². The number of hydrogen-bond acceptors (Lipinski definition) is 6. The molecule has 0 unspecified atom stereocenters. The molecular formula is C20H27N3O6S2. The van der Waals surface area contributed by atoms with Crippen molar-refractivity contribution in [3.63, 3.8) is 0 Å². The van der Waals surface area contributed by atoms with Gasteiger partial charge >= 0.3 is 0 Å². The second kappa shape index (κ2) is 9.11. The van der Waals surface area contributed by atoms with Crippen molar-refractivity contribution in [3.05, 3.63) is 42.2 Å². The molecule has 1 aromatic heterocycles. The Morgan fingerprint density at radius 3 is 2.19 bits per heavy atom. The fourth-order valence-electron chi connectivity index (χ4n) is 3.16. The molecular weight excluding hydrogens is 442 g/mol. The Balaban J connectivity index is 1.71. The van der Waals surface area contributed by atoms with Gasteiger partial charge in [-0.25, -0.2) is 16.8 Å². The number of amides is 1. The Morgan fingerprint density at radius 1 is 1.00 bits per heavy atom. The predicted molar refractivity (Wildman–Crippen MR) is 116 cm³/mol. The second-order valence-corrected chi connectivity index (χ2v) is 11.5. The van der Waals surface area contributed by atoms with Gasteiger partial charge in [-0.05, 0) is 63.1 Å². The highest BCUT2D eigenvalue weighted by Crippen LogP contribution is 2.24. The molecule has 1 aliphatic heterocycles. The summed E-state index contributed by atoms with van der Waals surface area (Å²) >= 11 is 0. The molecule has 1 fully saturated rings. The predicted octanol–water partition coefficient (Wildman–Crippen LogP) is 2.74. The summed E-state index contributed by atoms with van der Waals surface area (Å²) < 4.78 is 58.3. The maximum atomic E-state index is 12.7. The first kappa shape index (κ1) is 23.5. The summed E-state index contributed by atoms with van der Waals surface area (Å²) in [6.07, 6.45) is 2.59. The lowest BCUT2D eigenvalue weighted by Gasteiger charge is -2.24. The summed E-state index contributed by atoms with van der Waals surface area (Å²) in [5.74, 6) is -0.776. The first-order valence-electron chi connectivity index (χ1n) is 10.0. The summed E-state index contributed by atoms with van der Waals surface area (Å²) in [4.78, 5) is 12.6. The van der Waals surface area contributed by atoms with E-state index in [1.165, 1.54) is 52.1 Å². The molecule has 0 atom stereocenters. The highest BCUT2D eigenvalue weighted by atomic mass is 32.2. The van der Waals surface area contributed by atoms with E-state index in [0.717, 1.165) is 19.3 Å². The summed E-state index contributed by atoms with van der Waals surface area (Å²) in [5.41, 5.74) is 0.355. The van der Waals surface area contributed by atoms with Crippen LogP contribution in [-0.4, -0.2) is 57.5 Å². The number of piperidine rings is 1. The third-order valence-corrected chi connectivity index (χ3v) is 9.05. The minimum Gasteiger partial charge on any atom is -0.438 e. The number of anilines is 1. The van der Waals surface area contributed by atoms with Gasteiger partial charge in [-0.15, -0.1) is 0 Å². The molecule has 1 saturated heterocycles. The molecule has 170 valence electrons. The van der Waals surface area contributed by atoms with E-state index in [1.54, 1.807) is 13.8 Å². The van der Waals surface area contributed by atoms with Crippen molar-refractivity contribution in [2.24, 2.45) is 0 Å². The average Bonchev–Trinajstić information content (AvgIpc) is 3.25. The zero-order valence-electron chi connectivity index (χ0n) is 17.7. The number of hydrogen-bond donors (Lipinski definition) is 1. The van der Waals surface area contributed by atoms with Gasteiger partial charge in [-0.2, -0.15) is 8.61 Å². The van der Waals surface area contributed by atoms with Crippen molar-refractivity contribution in [3.8, 4) is 0 Å². The lowest BCUT2D eigenvalue weighted by Crippen LogP contribution is -2.35. The molecule has 0 aliphatic carbocycles. The van der Waals surface area contributed by atoms with Crippen LogP contribution in [0.1, 0.15) is 43.7 Å². The normalized spacial score (nSPS) is 16.0. The fraction of sp³-hybridized carbons (Fsp3) is 0.450. The first-order chi connectivity index (χ1) is 14.5. The monoisotopic (exact) mass is 469 g/mol. The van der Waals surface area contributed by atoms with Gasteiger partial charge in [0.2, 0.25) is 15.1 Å². The van der Waals surface area contributed by atoms with E-state index in [2.05, 4.69) is 5.32 Å². The van der Waals surface area contributed by atoms with Crippen LogP contribution >= 0.6 is 0 Å². The Hall–Kier alpha value is -2.21. The topological polar surface area (TPSA) is 117 Å². The maximum absolute atomic E-state index is 12.7. The molecule has 0 spiro atoms. The van der Waals surface area contributed by atoms with E-state index >= 15 is 0 Å². The number of rotatable bonds is 7. The zero-order chi connectivity index (χ0) is 22.8. The zero-order valence-corrected chi connectivity index (χ0v) is 19.4. The molecule has 1 N–H and O–H groups in total. The second-order valence-electron chi connectivity index (χ2n) is 7.68. The highest BCUT2D eigenvalue weighted by Gasteiger charge is 2.30. The fourth-order valence-corrected chi connectivity index (χ4v) is 5.96. The number of carbonyl (C=O) groups excluding carboxylic acids is 1. The highest BCUT2D eigenvalue weighted by molar-refractivity contribution is 7.89. The van der Waals surface area contributed by atoms with Crippen LogP contribution in [0.5, 0.6) is 0 Å². The lowest BCUT2D eigenvalue weighted by molar-refractivity contribution is 0.0991. The van der Waals surface area contributed by atoms with Gasteiger partial charge in [-0.1, -0.05) is 6.42 Å². The SMILES string of the molecule is CC(C)N(C)S(=O)(=O)c1ccc(NC(=O)c2ccc(S(=O)(=O)N3CCCCC3)o2)cc1. The van der Waals surface area contributed by atoms with Crippen LogP contribution in [0, 0.1) is 0 Å². The van der Waals surface area contributed by atoms with E-state index in [4.69, 9.17) is 4.42 Å². The lowest BCUT2D eigenvalue weighted by atomic mass is 10.2. The summed E-state index contributed by atoms with van der Waals surface area (Å²) in [6, 6.07) is 8.12. The van der Waals surface area contributed by atoms with Crippen LogP contribution in [0.15, 0.2) is 50.8 Å². The van der Waals surface area contributed by atoms with Gasteiger partial charge in [0.05, 0.1) is 4.90 Å². The van der Waals surface area contributed by atoms with Gasteiger partial charge in [0.1, 0.15) is 0 Å². The summed E-state index contributed by atoms with van der Waals surface area (Å²) in [5, 5.41) is 2.32. The van der Waals surface area contributed by atoms with Crippen LogP contribution < -0.4 is 5.32 Å². The Labute approximate surface area is 183 Å². The summed E-state index contributed by atoms with van der Waals surface area (Å²) in [7, 11) is -5.90. The molecule has 1 aromatic carbocycles. The number of benzene rings is 1. The molecule has 1 aliphatic rings. The van der Waals surface area contributed by atoms with E-state index in [9.17, 15) is 21.6 Å². The van der Waals surface area contributed by atoms with Crippen molar-refractivity contribution in [1.82, 2.24) is 8.61 Å². The molecule has 9 nitrogen and oxygen atoms in total. The first-order valence-corrected chi connectivity index (χ1v) is 12.9. The summed E-state index contributed by atoms with van der Waals surface area (Å²) in [6.45, 7) is 4.42. The molecule has 0 saturated carbocycles. The third-order valence-electron chi connectivity index (χ3n) is 5.23. The standard InChI is InChI=1S/C20H27N3O6S2/c1-15(2)22(3)30(25,26)17-9-7-16(8-10-17)21-20(24)18-11-12-19(29-18)31(27,28)23-13-5-4-6-14-23/h7-12,15H,4-6,13-14H2,1-3H3,(H,21,24). The van der Waals surface area contributed by atoms with E-state index < -0.39 is 26.0 Å². The largest absolute Gasteiger partial charge is 0.438 e. The smallest absolute Gasteiger partial charge is 0.291 e. The molecule has 3 rings (SSSR count). The van der Waals surface area contributed by atoms with Crippen molar-refractivity contribution in [2.75, 3.05) is 25.5 Å². The number of furan rings is 1. The van der Waals surface area contributed by atoms with E-state index in [0.29, 0.717) is 18.8 Å². The van der Waals surface area contributed by atoms with Gasteiger partial charge in [0.25, 0.3) is 15.9 Å². The van der Waals surface area contributed by atoms with Crippen molar-refractivity contribution < 1.29 is 26.0 Å². The van der Waals surface area contributed by atoms with Gasteiger partial charge in [0, 0.05) is 31.9 Å². The maximum Gasteiger partial charge on any atom is 0.291 e. The number of nitrogens with zero attached hydrogens (tertiary/aromatic N) is 2. The molecule has 0 bridgehead atoms. The van der Waals surface area contributed by atoms with Gasteiger partial charge in [-0.3, -0.25) is 4.79 Å². The van der Waals surface area contributed by atoms with Crippen molar-refractivity contribution >= 4 is 31.6 Å². The van der Waals surface area contributed by atoms with Crippen molar-refractivity contribution in [2.45, 2.75) is 49.1 Å². The molecule has 11 heteroatoms. The molecule has 31 heavy (non-hydrogen) atoms. The number of carbonyl (C=O) groups is 1. The molecule has 2 heterocycles. The number of sulfonamides is 2. The van der Waals surface area contributed by atoms with Crippen LogP contribution in [0.4, 0.5) is 5.69 Å². The average molecular weight is 470 g/mol. The van der Waals surface area contributed by atoms with Gasteiger partial charge < -0.3 is 9.73 Å². The van der Waals surface area contributed by atoms with E-state index in [1.807, 2.05) is 0 Å². The Bertz CT molecular complexity index is 1130. The van der Waals surface area contributed by atoms with E-state index in [-0.39, 0.29) is 21.8 Å². The van der Waals surface area contributed by atoms with Gasteiger partial charge in [0.15, 0.2) is 5.76 Å². The Morgan fingerprint density at radius 2 is 1.61 bits per heavy atom. The van der Waals surface area contributed by atoms with Crippen LogP contribution in [0.3, 0.4) is 0 Å².